The summed E-state index contributed by atoms with van der Waals surface area (Å²) in [5, 5.41) is 12.1. The van der Waals surface area contributed by atoms with Crippen LogP contribution in [0.2, 0.25) is 0 Å². The Bertz CT molecular complexity index is 487. The summed E-state index contributed by atoms with van der Waals surface area (Å²) in [5.41, 5.74) is 1.43. The molecule has 2 N–H and O–H groups in total. The van der Waals surface area contributed by atoms with Crippen molar-refractivity contribution < 1.29 is 14.6 Å². The second-order valence-corrected chi connectivity index (χ2v) is 6.66. The summed E-state index contributed by atoms with van der Waals surface area (Å²) in [6, 6.07) is 7.72. The lowest BCUT2D eigenvalue weighted by Crippen LogP contribution is -2.27. The van der Waals surface area contributed by atoms with Crippen molar-refractivity contribution in [3.63, 3.8) is 0 Å². The third-order valence-corrected chi connectivity index (χ3v) is 3.44. The van der Waals surface area contributed by atoms with Crippen LogP contribution in [0.15, 0.2) is 24.3 Å². The van der Waals surface area contributed by atoms with Gasteiger partial charge in [0.15, 0.2) is 0 Å². The zero-order chi connectivity index (χ0) is 14.8. The first-order valence-electron chi connectivity index (χ1n) is 7.02. The van der Waals surface area contributed by atoms with Crippen LogP contribution in [0.5, 0.6) is 0 Å². The number of benzene rings is 1. The highest BCUT2D eigenvalue weighted by atomic mass is 16.6. The van der Waals surface area contributed by atoms with Gasteiger partial charge in [-0.2, -0.15) is 0 Å². The molecule has 0 spiro atoms. The quantitative estimate of drug-likeness (QED) is 0.887. The Balaban J connectivity index is 1.97. The number of rotatable bonds is 4. The molecule has 0 radical (unpaired) electrons. The summed E-state index contributed by atoms with van der Waals surface area (Å²) in [6.07, 6.45) is 2.56. The van der Waals surface area contributed by atoms with E-state index < -0.39 is 11.7 Å². The highest BCUT2D eigenvalue weighted by Crippen LogP contribution is 2.47. The molecule has 1 saturated carbocycles. The van der Waals surface area contributed by atoms with Gasteiger partial charge in [0.05, 0.1) is 0 Å². The highest BCUT2D eigenvalue weighted by molar-refractivity contribution is 5.84. The van der Waals surface area contributed by atoms with E-state index in [0.29, 0.717) is 0 Å². The molecule has 1 amide bonds. The number of anilines is 1. The van der Waals surface area contributed by atoms with Crippen LogP contribution in [0.25, 0.3) is 0 Å². The number of ether oxygens (including phenoxy) is 1. The second kappa shape index (κ2) is 5.44. The average molecular weight is 277 g/mol. The first kappa shape index (κ1) is 14.9. The zero-order valence-electron chi connectivity index (χ0n) is 12.4. The van der Waals surface area contributed by atoms with Gasteiger partial charge in [-0.1, -0.05) is 12.1 Å². The molecule has 1 aliphatic carbocycles. The van der Waals surface area contributed by atoms with Gasteiger partial charge in [-0.25, -0.2) is 4.79 Å². The number of carbonyl (C=O) groups excluding carboxylic acids is 1. The van der Waals surface area contributed by atoms with E-state index in [2.05, 4.69) is 5.32 Å². The Kier molecular flexibility index (Phi) is 4.04. The Morgan fingerprint density at radius 1 is 1.40 bits per heavy atom. The fraction of sp³-hybridized carbons (Fsp3) is 0.562. The standard InChI is InChI=1S/C16H23NO3/c1-15(2,3)20-14(19)17-13-6-4-5-12(9-13)10-16(11-18)7-8-16/h4-6,9,18H,7-8,10-11H2,1-3H3,(H,17,19). The molecule has 20 heavy (non-hydrogen) atoms. The summed E-state index contributed by atoms with van der Waals surface area (Å²) < 4.78 is 5.23. The molecule has 1 aromatic carbocycles. The van der Waals surface area contributed by atoms with Crippen LogP contribution in [0.4, 0.5) is 10.5 Å². The fourth-order valence-corrected chi connectivity index (χ4v) is 2.18. The molecule has 0 unspecified atom stereocenters. The minimum absolute atomic E-state index is 0.0740. The van der Waals surface area contributed by atoms with Gasteiger partial charge in [0.1, 0.15) is 5.60 Å². The molecule has 0 bridgehead atoms. The van der Waals surface area contributed by atoms with Crippen LogP contribution < -0.4 is 5.32 Å². The molecule has 1 fully saturated rings. The highest BCUT2D eigenvalue weighted by Gasteiger charge is 2.41. The minimum Gasteiger partial charge on any atom is -0.444 e. The fourth-order valence-electron chi connectivity index (χ4n) is 2.18. The van der Waals surface area contributed by atoms with Gasteiger partial charge < -0.3 is 9.84 Å². The topological polar surface area (TPSA) is 58.6 Å². The van der Waals surface area contributed by atoms with Gasteiger partial charge in [-0.15, -0.1) is 0 Å². The molecule has 0 heterocycles. The summed E-state index contributed by atoms with van der Waals surface area (Å²) in [7, 11) is 0. The van der Waals surface area contributed by atoms with E-state index in [4.69, 9.17) is 4.74 Å². The van der Waals surface area contributed by atoms with Crippen LogP contribution in [0.1, 0.15) is 39.2 Å². The van der Waals surface area contributed by atoms with Crippen molar-refractivity contribution >= 4 is 11.8 Å². The van der Waals surface area contributed by atoms with Crippen molar-refractivity contribution in [3.05, 3.63) is 29.8 Å². The molecule has 0 aliphatic heterocycles. The van der Waals surface area contributed by atoms with Crippen LogP contribution in [-0.4, -0.2) is 23.4 Å². The molecular formula is C16H23NO3. The van der Waals surface area contributed by atoms with Crippen molar-refractivity contribution in [2.45, 2.75) is 45.6 Å². The lowest BCUT2D eigenvalue weighted by molar-refractivity contribution is 0.0636. The first-order valence-corrected chi connectivity index (χ1v) is 7.02. The summed E-state index contributed by atoms with van der Waals surface area (Å²) >= 11 is 0. The molecule has 0 saturated heterocycles. The minimum atomic E-state index is -0.503. The number of hydrogen-bond acceptors (Lipinski definition) is 3. The molecule has 2 rings (SSSR count). The van der Waals surface area contributed by atoms with Gasteiger partial charge >= 0.3 is 6.09 Å². The average Bonchev–Trinajstić information content (AvgIpc) is 3.07. The molecule has 4 nitrogen and oxygen atoms in total. The lowest BCUT2D eigenvalue weighted by atomic mass is 9.97. The first-order chi connectivity index (χ1) is 9.32. The summed E-state index contributed by atoms with van der Waals surface area (Å²) in [4.78, 5) is 11.7. The van der Waals surface area contributed by atoms with Gasteiger partial charge in [0, 0.05) is 12.3 Å². The summed E-state index contributed by atoms with van der Waals surface area (Å²) in [6.45, 7) is 5.74. The number of nitrogens with one attached hydrogen (secondary N) is 1. The van der Waals surface area contributed by atoms with Crippen molar-refractivity contribution in [1.29, 1.82) is 0 Å². The molecule has 0 aromatic heterocycles. The molecule has 1 aromatic rings. The summed E-state index contributed by atoms with van der Waals surface area (Å²) in [5.74, 6) is 0. The van der Waals surface area contributed by atoms with Crippen molar-refractivity contribution in [2.24, 2.45) is 5.41 Å². The van der Waals surface area contributed by atoms with Crippen LogP contribution >= 0.6 is 0 Å². The van der Waals surface area contributed by atoms with Crippen LogP contribution in [0, 0.1) is 5.41 Å². The van der Waals surface area contributed by atoms with E-state index >= 15 is 0 Å². The van der Waals surface area contributed by atoms with Crippen LogP contribution in [-0.2, 0) is 11.2 Å². The van der Waals surface area contributed by atoms with E-state index in [0.717, 1.165) is 30.5 Å². The van der Waals surface area contributed by atoms with Gasteiger partial charge in [-0.3, -0.25) is 5.32 Å². The zero-order valence-corrected chi connectivity index (χ0v) is 12.4. The maximum absolute atomic E-state index is 11.7. The normalized spacial score (nSPS) is 16.6. The van der Waals surface area contributed by atoms with Crippen molar-refractivity contribution in [2.75, 3.05) is 11.9 Å². The Morgan fingerprint density at radius 2 is 2.10 bits per heavy atom. The maximum Gasteiger partial charge on any atom is 0.412 e. The molecular weight excluding hydrogens is 254 g/mol. The van der Waals surface area contributed by atoms with Crippen LogP contribution in [0.3, 0.4) is 0 Å². The number of hydrogen-bond donors (Lipinski definition) is 2. The van der Waals surface area contributed by atoms with Crippen molar-refractivity contribution in [3.8, 4) is 0 Å². The number of amides is 1. The van der Waals surface area contributed by atoms with E-state index in [9.17, 15) is 9.90 Å². The Hall–Kier alpha value is -1.55. The van der Waals surface area contributed by atoms with Crippen molar-refractivity contribution in [1.82, 2.24) is 0 Å². The number of aliphatic hydroxyl groups is 1. The van der Waals surface area contributed by atoms with E-state index in [-0.39, 0.29) is 12.0 Å². The maximum atomic E-state index is 11.7. The Labute approximate surface area is 120 Å². The van der Waals surface area contributed by atoms with E-state index in [1.54, 1.807) is 0 Å². The lowest BCUT2D eigenvalue weighted by Gasteiger charge is -2.20. The molecule has 0 atom stereocenters. The third-order valence-electron chi connectivity index (χ3n) is 3.44. The largest absolute Gasteiger partial charge is 0.444 e. The predicted octanol–water partition coefficient (Wildman–Crippen LogP) is 3.35. The van der Waals surface area contributed by atoms with Gasteiger partial charge in [0.2, 0.25) is 0 Å². The van der Waals surface area contributed by atoms with E-state index in [1.807, 2.05) is 45.0 Å². The number of aliphatic hydroxyl groups excluding tert-OH is 1. The molecule has 4 heteroatoms. The van der Waals surface area contributed by atoms with Gasteiger partial charge in [-0.05, 0) is 63.1 Å². The van der Waals surface area contributed by atoms with E-state index in [1.165, 1.54) is 0 Å². The van der Waals surface area contributed by atoms with Gasteiger partial charge in [0.25, 0.3) is 0 Å². The second-order valence-electron chi connectivity index (χ2n) is 6.66. The predicted molar refractivity (Wildman–Crippen MR) is 78.8 cm³/mol. The monoisotopic (exact) mass is 277 g/mol. The third kappa shape index (κ3) is 4.23. The number of carbonyl (C=O) groups is 1. The molecule has 110 valence electrons. The SMILES string of the molecule is CC(C)(C)OC(=O)Nc1cccc(CC2(CO)CC2)c1. The smallest absolute Gasteiger partial charge is 0.412 e. The molecule has 1 aliphatic rings. The Morgan fingerprint density at radius 3 is 2.65 bits per heavy atom.